The van der Waals surface area contributed by atoms with Crippen LogP contribution in [0.1, 0.15) is 13.3 Å². The van der Waals surface area contributed by atoms with Gasteiger partial charge in [0.2, 0.25) is 0 Å². The minimum atomic E-state index is 0.961. The minimum Gasteiger partial charge on any atom is -0.471 e. The van der Waals surface area contributed by atoms with E-state index < -0.39 is 0 Å². The van der Waals surface area contributed by atoms with Gasteiger partial charge in [0.05, 0.1) is 12.0 Å². The van der Waals surface area contributed by atoms with E-state index in [2.05, 4.69) is 12.2 Å². The molecule has 0 amide bonds. The van der Waals surface area contributed by atoms with Crippen LogP contribution < -0.4 is 5.32 Å². The second-order valence-corrected chi connectivity index (χ2v) is 1.89. The van der Waals surface area contributed by atoms with Gasteiger partial charge in [0, 0.05) is 13.0 Å². The summed E-state index contributed by atoms with van der Waals surface area (Å²) < 4.78 is 4.93. The molecule has 0 spiro atoms. The second-order valence-electron chi connectivity index (χ2n) is 1.89. The molecule has 0 saturated carbocycles. The molecule has 0 atom stereocenters. The third kappa shape index (κ3) is 1.80. The third-order valence-corrected chi connectivity index (χ3v) is 1.13. The van der Waals surface area contributed by atoms with E-state index in [0.29, 0.717) is 0 Å². The van der Waals surface area contributed by atoms with E-state index in [1.165, 1.54) is 0 Å². The molecular formula is C7H11NO. The number of rotatable bonds is 2. The minimum absolute atomic E-state index is 0.961. The van der Waals surface area contributed by atoms with E-state index in [1.807, 2.05) is 6.08 Å². The van der Waals surface area contributed by atoms with E-state index >= 15 is 0 Å². The molecule has 0 aromatic carbocycles. The molecule has 1 aliphatic heterocycles. The van der Waals surface area contributed by atoms with E-state index in [1.54, 1.807) is 12.5 Å². The van der Waals surface area contributed by atoms with Crippen molar-refractivity contribution in [3.05, 3.63) is 24.3 Å². The van der Waals surface area contributed by atoms with Gasteiger partial charge in [-0.05, 0) is 13.0 Å². The molecule has 0 saturated heterocycles. The zero-order chi connectivity index (χ0) is 6.53. The average Bonchev–Trinajstić information content (AvgIpc) is 1.91. The van der Waals surface area contributed by atoms with Gasteiger partial charge < -0.3 is 10.1 Å². The molecule has 1 rings (SSSR count). The van der Waals surface area contributed by atoms with Crippen LogP contribution in [0, 0.1) is 0 Å². The number of nitrogens with one attached hydrogen (secondary N) is 1. The van der Waals surface area contributed by atoms with Gasteiger partial charge in [-0.15, -0.1) is 0 Å². The van der Waals surface area contributed by atoms with Gasteiger partial charge >= 0.3 is 0 Å². The highest BCUT2D eigenvalue weighted by Crippen LogP contribution is 2.03. The Morgan fingerprint density at radius 3 is 3.22 bits per heavy atom. The Morgan fingerprint density at radius 2 is 2.67 bits per heavy atom. The Labute approximate surface area is 55.2 Å². The average molecular weight is 125 g/mol. The highest BCUT2D eigenvalue weighted by molar-refractivity contribution is 5.05. The quantitative estimate of drug-likeness (QED) is 0.601. The number of hydrogen-bond donors (Lipinski definition) is 1. The maximum absolute atomic E-state index is 4.93. The standard InChI is InChI=1S/C7H11NO/c1-2-8-7-4-3-5-9-6-7/h3,5-6,8H,2,4H2,1H3. The Kier molecular flexibility index (Phi) is 2.19. The molecule has 2 nitrogen and oxygen atoms in total. The van der Waals surface area contributed by atoms with Crippen molar-refractivity contribution in [2.24, 2.45) is 0 Å². The normalized spacial score (nSPS) is 16.3. The summed E-state index contributed by atoms with van der Waals surface area (Å²) in [6.07, 6.45) is 6.39. The largest absolute Gasteiger partial charge is 0.471 e. The number of hydrogen-bond acceptors (Lipinski definition) is 2. The summed E-state index contributed by atoms with van der Waals surface area (Å²) in [5, 5.41) is 3.17. The van der Waals surface area contributed by atoms with Crippen molar-refractivity contribution >= 4 is 0 Å². The van der Waals surface area contributed by atoms with Crippen LogP contribution >= 0.6 is 0 Å². The molecule has 1 aliphatic rings. The van der Waals surface area contributed by atoms with Crippen LogP contribution in [0.15, 0.2) is 24.3 Å². The number of allylic oxidation sites excluding steroid dienone is 1. The molecule has 0 bridgehead atoms. The lowest BCUT2D eigenvalue weighted by molar-refractivity contribution is 0.382. The lowest BCUT2D eigenvalue weighted by Gasteiger charge is -2.08. The fraction of sp³-hybridized carbons (Fsp3) is 0.429. The highest BCUT2D eigenvalue weighted by atomic mass is 16.5. The summed E-state index contributed by atoms with van der Waals surface area (Å²) in [7, 11) is 0. The van der Waals surface area contributed by atoms with Gasteiger partial charge in [0.25, 0.3) is 0 Å². The topological polar surface area (TPSA) is 21.3 Å². The SMILES string of the molecule is CCNC1=COC=CC1. The molecule has 0 aliphatic carbocycles. The second kappa shape index (κ2) is 3.17. The first-order valence-corrected chi connectivity index (χ1v) is 3.17. The van der Waals surface area contributed by atoms with Crippen molar-refractivity contribution in [1.29, 1.82) is 0 Å². The Balaban J connectivity index is 2.32. The molecule has 1 heterocycles. The maximum atomic E-state index is 4.93. The monoisotopic (exact) mass is 125 g/mol. The summed E-state index contributed by atoms with van der Waals surface area (Å²) in [6, 6.07) is 0. The van der Waals surface area contributed by atoms with Crippen molar-refractivity contribution in [2.45, 2.75) is 13.3 Å². The van der Waals surface area contributed by atoms with E-state index in [0.717, 1.165) is 18.7 Å². The van der Waals surface area contributed by atoms with Crippen LogP contribution in [-0.4, -0.2) is 6.54 Å². The summed E-state index contributed by atoms with van der Waals surface area (Å²) in [6.45, 7) is 3.03. The smallest absolute Gasteiger partial charge is 0.109 e. The Morgan fingerprint density at radius 1 is 1.78 bits per heavy atom. The highest BCUT2D eigenvalue weighted by Gasteiger charge is 1.94. The summed E-state index contributed by atoms with van der Waals surface area (Å²) in [5.41, 5.74) is 1.15. The van der Waals surface area contributed by atoms with Gasteiger partial charge in [0.15, 0.2) is 0 Å². The van der Waals surface area contributed by atoms with Crippen LogP contribution in [0.3, 0.4) is 0 Å². The molecule has 0 radical (unpaired) electrons. The van der Waals surface area contributed by atoms with E-state index in [9.17, 15) is 0 Å². The molecule has 50 valence electrons. The fourth-order valence-corrected chi connectivity index (χ4v) is 0.741. The van der Waals surface area contributed by atoms with Crippen LogP contribution in [0.25, 0.3) is 0 Å². The van der Waals surface area contributed by atoms with Crippen LogP contribution in [0.4, 0.5) is 0 Å². The first-order chi connectivity index (χ1) is 4.43. The molecule has 0 aromatic rings. The van der Waals surface area contributed by atoms with Crippen molar-refractivity contribution in [1.82, 2.24) is 5.32 Å². The van der Waals surface area contributed by atoms with E-state index in [4.69, 9.17) is 4.74 Å². The van der Waals surface area contributed by atoms with Gasteiger partial charge in [-0.1, -0.05) is 0 Å². The lowest BCUT2D eigenvalue weighted by atomic mass is 10.3. The molecule has 2 heteroatoms. The summed E-state index contributed by atoms with van der Waals surface area (Å²) in [5.74, 6) is 0. The van der Waals surface area contributed by atoms with Crippen LogP contribution in [0.5, 0.6) is 0 Å². The van der Waals surface area contributed by atoms with Crippen molar-refractivity contribution in [3.63, 3.8) is 0 Å². The number of ether oxygens (including phenoxy) is 1. The van der Waals surface area contributed by atoms with Gasteiger partial charge in [-0.25, -0.2) is 0 Å². The van der Waals surface area contributed by atoms with Gasteiger partial charge in [-0.3, -0.25) is 0 Å². The van der Waals surface area contributed by atoms with Crippen molar-refractivity contribution in [3.8, 4) is 0 Å². The molecule has 9 heavy (non-hydrogen) atoms. The molecule has 0 unspecified atom stereocenters. The first-order valence-electron chi connectivity index (χ1n) is 3.17. The predicted molar refractivity (Wildman–Crippen MR) is 36.6 cm³/mol. The maximum Gasteiger partial charge on any atom is 0.109 e. The van der Waals surface area contributed by atoms with Crippen LogP contribution in [0.2, 0.25) is 0 Å². The first kappa shape index (κ1) is 6.20. The predicted octanol–water partition coefficient (Wildman–Crippen LogP) is 1.37. The zero-order valence-corrected chi connectivity index (χ0v) is 5.55. The Hall–Kier alpha value is -0.920. The van der Waals surface area contributed by atoms with Crippen molar-refractivity contribution in [2.75, 3.05) is 6.54 Å². The molecule has 1 N–H and O–H groups in total. The van der Waals surface area contributed by atoms with E-state index in [-0.39, 0.29) is 0 Å². The third-order valence-electron chi connectivity index (χ3n) is 1.13. The van der Waals surface area contributed by atoms with Crippen LogP contribution in [-0.2, 0) is 4.74 Å². The van der Waals surface area contributed by atoms with Gasteiger partial charge in [0.1, 0.15) is 6.26 Å². The molecular weight excluding hydrogens is 114 g/mol. The summed E-state index contributed by atoms with van der Waals surface area (Å²) >= 11 is 0. The zero-order valence-electron chi connectivity index (χ0n) is 5.55. The van der Waals surface area contributed by atoms with Crippen molar-refractivity contribution < 1.29 is 4.74 Å². The summed E-state index contributed by atoms with van der Waals surface area (Å²) in [4.78, 5) is 0. The molecule has 0 fully saturated rings. The fourth-order valence-electron chi connectivity index (χ4n) is 0.741. The van der Waals surface area contributed by atoms with Gasteiger partial charge in [-0.2, -0.15) is 0 Å². The molecule has 0 aromatic heterocycles. The lowest BCUT2D eigenvalue weighted by Crippen LogP contribution is -2.12. The Bertz CT molecular complexity index is 138.